The minimum Gasteiger partial charge on any atom is -0.508 e. The molecular weight excluding hydrogens is 404 g/mol. The first-order valence-corrected chi connectivity index (χ1v) is 10.0. The molecule has 0 spiro atoms. The molecule has 0 saturated heterocycles. The second-order valence-corrected chi connectivity index (χ2v) is 7.60. The predicted molar refractivity (Wildman–Crippen MR) is 108 cm³/mol. The molecule has 0 radical (unpaired) electrons. The van der Waals surface area contributed by atoms with Crippen LogP contribution >= 0.6 is 0 Å². The number of ether oxygens (including phenoxy) is 3. The standard InChI is InChI=1S/C23H24O8/c1-13(29-21(27)11-8-15-6-9-16(25)10-7-15)22(28)17-12-18(17)23(30-14(2)24)19-4-3-5-20(26)31-19/h3,5-11,13,17-19,23,25H,4,12H2,1-2H3/b11-8+. The van der Waals surface area contributed by atoms with Crippen molar-refractivity contribution < 1.29 is 38.5 Å². The maximum absolute atomic E-state index is 12.7. The number of esters is 3. The van der Waals surface area contributed by atoms with Crippen LogP contribution in [0.5, 0.6) is 5.75 Å². The van der Waals surface area contributed by atoms with Crippen molar-refractivity contribution in [2.24, 2.45) is 11.8 Å². The predicted octanol–water partition coefficient (Wildman–Crippen LogP) is 2.35. The molecule has 1 N–H and O–H groups in total. The fourth-order valence-corrected chi connectivity index (χ4v) is 3.59. The minimum atomic E-state index is -0.973. The summed E-state index contributed by atoms with van der Waals surface area (Å²) >= 11 is 0. The van der Waals surface area contributed by atoms with Gasteiger partial charge in [-0.15, -0.1) is 0 Å². The Balaban J connectivity index is 1.56. The minimum absolute atomic E-state index is 0.115. The van der Waals surface area contributed by atoms with Crippen molar-refractivity contribution >= 4 is 29.8 Å². The Bertz CT molecular complexity index is 914. The number of hydrogen-bond acceptors (Lipinski definition) is 8. The Hall–Kier alpha value is -3.42. The number of hydrogen-bond donors (Lipinski definition) is 1. The van der Waals surface area contributed by atoms with Gasteiger partial charge in [0.25, 0.3) is 0 Å². The Morgan fingerprint density at radius 2 is 1.90 bits per heavy atom. The maximum atomic E-state index is 12.7. The molecule has 3 rings (SSSR count). The summed E-state index contributed by atoms with van der Waals surface area (Å²) < 4.78 is 15.8. The third-order valence-corrected chi connectivity index (χ3v) is 5.18. The summed E-state index contributed by atoms with van der Waals surface area (Å²) in [4.78, 5) is 47.8. The van der Waals surface area contributed by atoms with Gasteiger partial charge in [0.1, 0.15) is 18.0 Å². The van der Waals surface area contributed by atoms with Gasteiger partial charge in [-0.25, -0.2) is 9.59 Å². The molecule has 1 fully saturated rings. The fraction of sp³-hybridized carbons (Fsp3) is 0.391. The van der Waals surface area contributed by atoms with Gasteiger partial charge in [-0.1, -0.05) is 18.2 Å². The molecule has 0 aromatic heterocycles. The molecule has 1 aliphatic carbocycles. The van der Waals surface area contributed by atoms with Gasteiger partial charge in [0.05, 0.1) is 0 Å². The second-order valence-electron chi connectivity index (χ2n) is 7.60. The topological polar surface area (TPSA) is 116 Å². The molecule has 8 nitrogen and oxygen atoms in total. The van der Waals surface area contributed by atoms with Crippen molar-refractivity contribution in [1.82, 2.24) is 0 Å². The van der Waals surface area contributed by atoms with Crippen LogP contribution in [0, 0.1) is 11.8 Å². The highest BCUT2D eigenvalue weighted by Crippen LogP contribution is 2.46. The third-order valence-electron chi connectivity index (χ3n) is 5.18. The zero-order valence-electron chi connectivity index (χ0n) is 17.2. The number of phenolic OH excluding ortho intramolecular Hbond substituents is 1. The van der Waals surface area contributed by atoms with Gasteiger partial charge in [-0.2, -0.15) is 0 Å². The summed E-state index contributed by atoms with van der Waals surface area (Å²) in [6.45, 7) is 2.76. The molecule has 1 aromatic rings. The van der Waals surface area contributed by atoms with E-state index in [4.69, 9.17) is 14.2 Å². The van der Waals surface area contributed by atoms with Crippen molar-refractivity contribution in [3.05, 3.63) is 48.1 Å². The van der Waals surface area contributed by atoms with E-state index in [0.717, 1.165) is 0 Å². The van der Waals surface area contributed by atoms with Crippen LogP contribution in [0.2, 0.25) is 0 Å². The number of cyclic esters (lactones) is 1. The van der Waals surface area contributed by atoms with E-state index in [2.05, 4.69) is 0 Å². The summed E-state index contributed by atoms with van der Waals surface area (Å²) in [5.74, 6) is -2.61. The summed E-state index contributed by atoms with van der Waals surface area (Å²) in [6, 6.07) is 6.24. The van der Waals surface area contributed by atoms with Crippen LogP contribution in [0.4, 0.5) is 0 Å². The Kier molecular flexibility index (Phi) is 6.89. The van der Waals surface area contributed by atoms with Crippen LogP contribution in [-0.2, 0) is 33.4 Å². The highest BCUT2D eigenvalue weighted by atomic mass is 16.6. The molecule has 1 saturated carbocycles. The lowest BCUT2D eigenvalue weighted by atomic mass is 10.0. The van der Waals surface area contributed by atoms with E-state index in [9.17, 15) is 24.3 Å². The number of phenols is 1. The Morgan fingerprint density at radius 1 is 1.19 bits per heavy atom. The van der Waals surface area contributed by atoms with Crippen LogP contribution < -0.4 is 0 Å². The first-order chi connectivity index (χ1) is 14.7. The molecule has 8 heteroatoms. The Morgan fingerprint density at radius 3 is 2.55 bits per heavy atom. The van der Waals surface area contributed by atoms with Gasteiger partial charge in [0.15, 0.2) is 11.9 Å². The first-order valence-electron chi connectivity index (χ1n) is 10.0. The van der Waals surface area contributed by atoms with Crippen molar-refractivity contribution in [2.75, 3.05) is 0 Å². The molecule has 1 heterocycles. The summed E-state index contributed by atoms with van der Waals surface area (Å²) in [7, 11) is 0. The van der Waals surface area contributed by atoms with Gasteiger partial charge in [-0.3, -0.25) is 9.59 Å². The monoisotopic (exact) mass is 428 g/mol. The molecule has 5 atom stereocenters. The van der Waals surface area contributed by atoms with Crippen molar-refractivity contribution in [2.45, 2.75) is 45.0 Å². The quantitative estimate of drug-likeness (QED) is 0.381. The zero-order chi connectivity index (χ0) is 22.5. The molecule has 2 aliphatic rings. The van der Waals surface area contributed by atoms with Crippen molar-refractivity contribution in [3.63, 3.8) is 0 Å². The molecule has 5 unspecified atom stereocenters. The number of ketones is 1. The molecule has 31 heavy (non-hydrogen) atoms. The molecule has 1 aromatic carbocycles. The summed E-state index contributed by atoms with van der Waals surface area (Å²) in [5, 5.41) is 9.27. The number of Topliss-reactive ketones (excluding diaryl/α,β-unsaturated/α-hetero) is 1. The van der Waals surface area contributed by atoms with Gasteiger partial charge in [0.2, 0.25) is 0 Å². The lowest BCUT2D eigenvalue weighted by Crippen LogP contribution is -2.38. The lowest BCUT2D eigenvalue weighted by molar-refractivity contribution is -0.167. The molecule has 0 bridgehead atoms. The van der Waals surface area contributed by atoms with Gasteiger partial charge in [-0.05, 0) is 37.1 Å². The maximum Gasteiger partial charge on any atom is 0.331 e. The number of carbonyl (C=O) groups excluding carboxylic acids is 4. The van der Waals surface area contributed by atoms with Crippen LogP contribution in [-0.4, -0.2) is 47.1 Å². The smallest absolute Gasteiger partial charge is 0.331 e. The van der Waals surface area contributed by atoms with E-state index in [1.54, 1.807) is 18.2 Å². The van der Waals surface area contributed by atoms with Crippen LogP contribution in [0.15, 0.2) is 42.5 Å². The largest absolute Gasteiger partial charge is 0.508 e. The number of rotatable bonds is 8. The Labute approximate surface area is 179 Å². The van der Waals surface area contributed by atoms with E-state index >= 15 is 0 Å². The van der Waals surface area contributed by atoms with Crippen LogP contribution in [0.3, 0.4) is 0 Å². The fourth-order valence-electron chi connectivity index (χ4n) is 3.59. The third kappa shape index (κ3) is 6.04. The number of carbonyl (C=O) groups is 4. The van der Waals surface area contributed by atoms with Crippen LogP contribution in [0.25, 0.3) is 6.08 Å². The van der Waals surface area contributed by atoms with E-state index in [1.807, 2.05) is 0 Å². The highest BCUT2D eigenvalue weighted by molar-refractivity contribution is 5.93. The summed E-state index contributed by atoms with van der Waals surface area (Å²) in [6.07, 6.45) is 4.19. The molecular formula is C23H24O8. The van der Waals surface area contributed by atoms with Gasteiger partial charge >= 0.3 is 17.9 Å². The number of aromatic hydroxyl groups is 1. The van der Waals surface area contributed by atoms with Crippen molar-refractivity contribution in [1.29, 1.82) is 0 Å². The van der Waals surface area contributed by atoms with Crippen molar-refractivity contribution in [3.8, 4) is 5.75 Å². The SMILES string of the molecule is CC(=O)OC(C1CC=CC(=O)O1)C1CC1C(=O)C(C)OC(=O)/C=C/c1ccc(O)cc1. The lowest BCUT2D eigenvalue weighted by Gasteiger charge is -2.27. The zero-order valence-corrected chi connectivity index (χ0v) is 17.2. The first kappa shape index (κ1) is 22.3. The normalized spacial score (nSPS) is 24.2. The summed E-state index contributed by atoms with van der Waals surface area (Å²) in [5.41, 5.74) is 0.691. The molecule has 0 amide bonds. The number of benzene rings is 1. The average Bonchev–Trinajstić information content (AvgIpc) is 3.51. The molecule has 164 valence electrons. The van der Waals surface area contributed by atoms with E-state index in [-0.39, 0.29) is 17.5 Å². The van der Waals surface area contributed by atoms with E-state index < -0.39 is 42.1 Å². The second kappa shape index (κ2) is 9.59. The van der Waals surface area contributed by atoms with E-state index in [0.29, 0.717) is 18.4 Å². The molecule has 1 aliphatic heterocycles. The van der Waals surface area contributed by atoms with E-state index in [1.165, 1.54) is 44.2 Å². The van der Waals surface area contributed by atoms with Gasteiger partial charge < -0.3 is 19.3 Å². The highest BCUT2D eigenvalue weighted by Gasteiger charge is 2.53. The average molecular weight is 428 g/mol. The van der Waals surface area contributed by atoms with Crippen LogP contribution in [0.1, 0.15) is 32.3 Å². The van der Waals surface area contributed by atoms with Gasteiger partial charge in [0, 0.05) is 37.3 Å².